The average molecular weight is 663 g/mol. The minimum atomic E-state index is -1.09. The van der Waals surface area contributed by atoms with E-state index in [1.54, 1.807) is 36.1 Å². The molecule has 1 N–H and O–H groups in total. The van der Waals surface area contributed by atoms with Crippen LogP contribution in [-0.2, 0) is 21.8 Å². The van der Waals surface area contributed by atoms with Gasteiger partial charge in [0.15, 0.2) is 0 Å². The van der Waals surface area contributed by atoms with Gasteiger partial charge in [0.2, 0.25) is 5.79 Å². The number of nitrogens with one attached hydrogen (secondary N) is 1. The summed E-state index contributed by atoms with van der Waals surface area (Å²) in [5, 5.41) is 7.49. The number of benzene rings is 3. The van der Waals surface area contributed by atoms with E-state index >= 15 is 0 Å². The summed E-state index contributed by atoms with van der Waals surface area (Å²) >= 11 is 12.8. The zero-order valence-corrected chi connectivity index (χ0v) is 26.7. The Hall–Kier alpha value is -4.29. The Morgan fingerprint density at radius 1 is 0.957 bits per heavy atom. The van der Waals surface area contributed by atoms with Crippen molar-refractivity contribution in [1.29, 1.82) is 0 Å². The fraction of sp³-hybridized carbons (Fsp3) is 0.303. The van der Waals surface area contributed by atoms with E-state index < -0.39 is 5.79 Å². The van der Waals surface area contributed by atoms with Crippen LogP contribution in [0.2, 0.25) is 10.0 Å². The molecule has 0 saturated carbocycles. The zero-order chi connectivity index (χ0) is 31.7. The van der Waals surface area contributed by atoms with Crippen molar-refractivity contribution in [2.45, 2.75) is 25.4 Å². The van der Waals surface area contributed by atoms with E-state index in [0.717, 1.165) is 49.0 Å². The van der Waals surface area contributed by atoms with Crippen LogP contribution < -0.4 is 20.2 Å². The van der Waals surface area contributed by atoms with Crippen LogP contribution in [0, 0.1) is 6.92 Å². The van der Waals surface area contributed by atoms with Crippen molar-refractivity contribution in [2.24, 2.45) is 0 Å². The largest absolute Gasteiger partial charge is 0.491 e. The summed E-state index contributed by atoms with van der Waals surface area (Å²) < 4.78 is 22.4. The first-order valence-corrected chi connectivity index (χ1v) is 15.8. The van der Waals surface area contributed by atoms with Gasteiger partial charge < -0.3 is 28.6 Å². The Morgan fingerprint density at radius 3 is 2.24 bits per heavy atom. The first-order chi connectivity index (χ1) is 22.4. The number of aromatic nitrogens is 5. The van der Waals surface area contributed by atoms with E-state index in [2.05, 4.69) is 49.2 Å². The van der Waals surface area contributed by atoms with Crippen molar-refractivity contribution >= 4 is 34.6 Å². The molecule has 13 heteroatoms. The number of ether oxygens (including phenoxy) is 3. The summed E-state index contributed by atoms with van der Waals surface area (Å²) in [6.45, 7) is 6.41. The number of nitrogens with zero attached hydrogens (tertiary/aromatic N) is 6. The maximum absolute atomic E-state index is 12.1. The third-order valence-electron chi connectivity index (χ3n) is 8.38. The van der Waals surface area contributed by atoms with Crippen molar-refractivity contribution in [3.8, 4) is 11.4 Å². The first kappa shape index (κ1) is 30.4. The fourth-order valence-corrected chi connectivity index (χ4v) is 6.59. The van der Waals surface area contributed by atoms with E-state index in [4.69, 9.17) is 37.4 Å². The van der Waals surface area contributed by atoms with Crippen LogP contribution in [0.3, 0.4) is 0 Å². The highest BCUT2D eigenvalue weighted by Crippen LogP contribution is 2.40. The molecule has 2 aliphatic rings. The molecule has 0 bridgehead atoms. The van der Waals surface area contributed by atoms with Gasteiger partial charge in [0, 0.05) is 60.5 Å². The van der Waals surface area contributed by atoms with Gasteiger partial charge in [-0.15, -0.1) is 0 Å². The number of halogens is 2. The van der Waals surface area contributed by atoms with Crippen molar-refractivity contribution < 1.29 is 14.2 Å². The monoisotopic (exact) mass is 661 g/mol. The Balaban J connectivity index is 0.937. The van der Waals surface area contributed by atoms with Gasteiger partial charge in [0.1, 0.15) is 24.3 Å². The number of rotatable bonds is 9. The first-order valence-electron chi connectivity index (χ1n) is 15.1. The van der Waals surface area contributed by atoms with Gasteiger partial charge in [0.05, 0.1) is 30.2 Å². The smallest absolute Gasteiger partial charge is 0.347 e. The van der Waals surface area contributed by atoms with Gasteiger partial charge in [-0.3, -0.25) is 0 Å². The Bertz CT molecular complexity index is 1840. The third-order valence-corrected chi connectivity index (χ3v) is 8.93. The molecule has 3 aromatic carbocycles. The number of hydrogen-bond donors (Lipinski definition) is 1. The van der Waals surface area contributed by atoms with Crippen LogP contribution >= 0.6 is 23.2 Å². The molecule has 0 aliphatic carbocycles. The maximum Gasteiger partial charge on any atom is 0.347 e. The predicted octanol–water partition coefficient (Wildman–Crippen LogP) is 5.05. The standard InChI is InChI=1S/C33H33Cl2N7O4/c1-23-37-38-32(43)42(23)27-5-3-25(4-6-27)40-14-16-41(17-15-40)26-7-9-28(10-8-26)44-19-29-20-45-33(46-29,21-39-13-12-36-22-39)30-11-2-24(34)18-31(30)35/h2-13,18,22,29H,14-17,19-21H2,1H3,(H,38,43). The van der Waals surface area contributed by atoms with E-state index in [1.807, 2.05) is 41.1 Å². The lowest BCUT2D eigenvalue weighted by Crippen LogP contribution is -2.46. The van der Waals surface area contributed by atoms with E-state index in [9.17, 15) is 4.79 Å². The molecule has 2 aromatic heterocycles. The molecule has 7 rings (SSSR count). The Labute approximate surface area is 275 Å². The topological polar surface area (TPSA) is 103 Å². The molecule has 46 heavy (non-hydrogen) atoms. The number of imidazole rings is 1. The highest BCUT2D eigenvalue weighted by molar-refractivity contribution is 6.35. The summed E-state index contributed by atoms with van der Waals surface area (Å²) in [5.41, 5.74) is 3.55. The second-order valence-corrected chi connectivity index (χ2v) is 12.2. The Morgan fingerprint density at radius 2 is 1.63 bits per heavy atom. The summed E-state index contributed by atoms with van der Waals surface area (Å²) in [6, 6.07) is 21.5. The van der Waals surface area contributed by atoms with Gasteiger partial charge in [-0.2, -0.15) is 5.10 Å². The zero-order valence-electron chi connectivity index (χ0n) is 25.2. The van der Waals surface area contributed by atoms with Crippen molar-refractivity contribution in [2.75, 3.05) is 49.2 Å². The predicted molar refractivity (Wildman–Crippen MR) is 176 cm³/mol. The lowest BCUT2D eigenvalue weighted by atomic mass is 10.1. The highest BCUT2D eigenvalue weighted by atomic mass is 35.5. The van der Waals surface area contributed by atoms with Gasteiger partial charge in [0.25, 0.3) is 0 Å². The molecule has 238 valence electrons. The molecule has 5 aromatic rings. The van der Waals surface area contributed by atoms with Gasteiger partial charge >= 0.3 is 5.69 Å². The van der Waals surface area contributed by atoms with Crippen LogP contribution in [0.15, 0.2) is 90.2 Å². The third kappa shape index (κ3) is 6.23. The summed E-state index contributed by atoms with van der Waals surface area (Å²) in [5.74, 6) is 0.296. The summed E-state index contributed by atoms with van der Waals surface area (Å²) in [6.07, 6.45) is 4.98. The van der Waals surface area contributed by atoms with E-state index in [-0.39, 0.29) is 11.8 Å². The molecule has 11 nitrogen and oxygen atoms in total. The normalized spacial score (nSPS) is 19.9. The van der Waals surface area contributed by atoms with Crippen molar-refractivity contribution in [3.05, 3.63) is 117 Å². The van der Waals surface area contributed by atoms with Gasteiger partial charge in [-0.1, -0.05) is 29.3 Å². The molecular formula is C33H33Cl2N7O4. The number of hydrogen-bond acceptors (Lipinski definition) is 8. The second-order valence-electron chi connectivity index (χ2n) is 11.4. The number of aryl methyl sites for hydroxylation is 1. The Kier molecular flexibility index (Phi) is 8.48. The van der Waals surface area contributed by atoms with E-state index in [1.165, 1.54) is 0 Å². The minimum Gasteiger partial charge on any atom is -0.491 e. The summed E-state index contributed by atoms with van der Waals surface area (Å²) in [4.78, 5) is 20.9. The maximum atomic E-state index is 12.1. The van der Waals surface area contributed by atoms with Crippen molar-refractivity contribution in [3.63, 3.8) is 0 Å². The van der Waals surface area contributed by atoms with Crippen molar-refractivity contribution in [1.82, 2.24) is 24.3 Å². The van der Waals surface area contributed by atoms with Crippen LogP contribution in [0.1, 0.15) is 11.4 Å². The number of anilines is 2. The summed E-state index contributed by atoms with van der Waals surface area (Å²) in [7, 11) is 0. The molecule has 2 fully saturated rings. The van der Waals surface area contributed by atoms with Crippen LogP contribution in [0.25, 0.3) is 5.69 Å². The molecule has 2 aliphatic heterocycles. The average Bonchev–Trinajstić information content (AvgIpc) is 3.82. The number of aromatic amines is 1. The molecule has 0 radical (unpaired) electrons. The van der Waals surface area contributed by atoms with Gasteiger partial charge in [-0.25, -0.2) is 19.4 Å². The van der Waals surface area contributed by atoms with Crippen LogP contribution in [0.4, 0.5) is 11.4 Å². The molecule has 2 unspecified atom stereocenters. The SMILES string of the molecule is Cc1n[nH]c(=O)n1-c1ccc(N2CCN(c3ccc(OCC4COC(Cn5ccnc5)(c5ccc(Cl)cc5Cl)O4)cc3)CC2)cc1. The van der Waals surface area contributed by atoms with Gasteiger partial charge in [-0.05, 0) is 67.6 Å². The fourth-order valence-electron chi connectivity index (χ4n) is 6.03. The van der Waals surface area contributed by atoms with E-state index in [0.29, 0.717) is 41.2 Å². The molecule has 2 atom stereocenters. The minimum absolute atomic E-state index is 0.237. The quantitative estimate of drug-likeness (QED) is 0.234. The molecular weight excluding hydrogens is 629 g/mol. The lowest BCUT2D eigenvalue weighted by molar-refractivity contribution is -0.189. The molecule has 0 amide bonds. The molecule has 0 spiro atoms. The molecule has 2 saturated heterocycles. The molecule has 4 heterocycles. The number of piperazine rings is 1. The number of H-pyrrole nitrogens is 1. The van der Waals surface area contributed by atoms with Crippen LogP contribution in [-0.4, -0.2) is 69.8 Å². The highest BCUT2D eigenvalue weighted by Gasteiger charge is 2.45. The lowest BCUT2D eigenvalue weighted by Gasteiger charge is -2.37. The second kappa shape index (κ2) is 12.8. The van der Waals surface area contributed by atoms with Crippen LogP contribution in [0.5, 0.6) is 5.75 Å².